The van der Waals surface area contributed by atoms with Crippen molar-refractivity contribution in [1.29, 1.82) is 0 Å². The quantitative estimate of drug-likeness (QED) is 0.258. The first-order valence-corrected chi connectivity index (χ1v) is 16.3. The molecule has 0 spiro atoms. The number of rotatable bonds is 11. The summed E-state index contributed by atoms with van der Waals surface area (Å²) >= 11 is 1.30. The lowest BCUT2D eigenvalue weighted by molar-refractivity contribution is -0.120. The van der Waals surface area contributed by atoms with E-state index < -0.39 is 12.1 Å². The van der Waals surface area contributed by atoms with E-state index in [1.54, 1.807) is 27.4 Å². The first-order valence-electron chi connectivity index (χ1n) is 15.5. The van der Waals surface area contributed by atoms with Gasteiger partial charge in [0.15, 0.2) is 11.5 Å². The summed E-state index contributed by atoms with van der Waals surface area (Å²) in [6, 6.07) is 5.76. The van der Waals surface area contributed by atoms with Gasteiger partial charge >= 0.3 is 0 Å². The molecule has 1 fully saturated rings. The molecule has 0 saturated carbocycles. The second-order valence-corrected chi connectivity index (χ2v) is 12.5. The lowest BCUT2D eigenvalue weighted by atomic mass is 9.95. The molecule has 2 aliphatic rings. The number of amides is 2. The van der Waals surface area contributed by atoms with Gasteiger partial charge < -0.3 is 29.6 Å². The predicted octanol–water partition coefficient (Wildman–Crippen LogP) is 5.03. The number of carbonyl (C=O) groups is 2. The predicted molar refractivity (Wildman–Crippen MR) is 176 cm³/mol. The Morgan fingerprint density at radius 1 is 1.09 bits per heavy atom. The summed E-state index contributed by atoms with van der Waals surface area (Å²) in [7, 11) is 4.66. The lowest BCUT2D eigenvalue weighted by Gasteiger charge is -2.23. The minimum Gasteiger partial charge on any atom is -0.493 e. The van der Waals surface area contributed by atoms with Crippen molar-refractivity contribution in [2.24, 2.45) is 5.92 Å². The molecule has 2 amide bonds. The van der Waals surface area contributed by atoms with Gasteiger partial charge in [-0.1, -0.05) is 37.7 Å². The minimum absolute atomic E-state index is 0.0969. The molecule has 1 aliphatic heterocycles. The Morgan fingerprint density at radius 2 is 1.87 bits per heavy atom. The molecule has 3 aromatic rings. The second kappa shape index (κ2) is 14.5. The molecule has 1 aromatic heterocycles. The summed E-state index contributed by atoms with van der Waals surface area (Å²) in [6.45, 7) is 6.08. The van der Waals surface area contributed by atoms with E-state index in [0.29, 0.717) is 59.4 Å². The maximum absolute atomic E-state index is 13.9. The van der Waals surface area contributed by atoms with E-state index in [0.717, 1.165) is 29.0 Å². The van der Waals surface area contributed by atoms with Gasteiger partial charge in [-0.3, -0.25) is 19.7 Å². The second-order valence-electron chi connectivity index (χ2n) is 11.5. The smallest absolute Gasteiger partial charge is 0.248 e. The molecule has 46 heavy (non-hydrogen) atoms. The topological polar surface area (TPSA) is 150 Å². The van der Waals surface area contributed by atoms with Crippen LogP contribution in [0.1, 0.15) is 74.7 Å². The summed E-state index contributed by atoms with van der Waals surface area (Å²) in [5.74, 6) is 0.744. The van der Waals surface area contributed by atoms with Gasteiger partial charge in [0.05, 0.1) is 33.1 Å². The van der Waals surface area contributed by atoms with Crippen LogP contribution in [0.3, 0.4) is 0 Å². The highest BCUT2D eigenvalue weighted by Gasteiger charge is 2.31. The molecular formula is C33H41N5O7S. The summed E-state index contributed by atoms with van der Waals surface area (Å²) in [4.78, 5) is 39.8. The van der Waals surface area contributed by atoms with Gasteiger partial charge in [-0.05, 0) is 66.5 Å². The molecule has 1 aliphatic carbocycles. The lowest BCUT2D eigenvalue weighted by Crippen LogP contribution is -2.40. The van der Waals surface area contributed by atoms with Crippen molar-refractivity contribution in [3.05, 3.63) is 50.6 Å². The Kier molecular flexibility index (Phi) is 10.4. The molecular weight excluding hydrogens is 610 g/mol. The fourth-order valence-corrected chi connectivity index (χ4v) is 6.90. The highest BCUT2D eigenvalue weighted by atomic mass is 32.1. The minimum atomic E-state index is -0.743. The SMILES string of the molecule is CC[C@@H](C)[C@H](Nc1ccc2c(cc1=O)[C@@H](NC(C)=O)CCc1cc(OC)c(OC)c(OC)c1-2)C(=O)Nc1nnc(C2CCCO2)s1. The van der Waals surface area contributed by atoms with Crippen molar-refractivity contribution >= 4 is 34.0 Å². The third-order valence-electron chi connectivity index (χ3n) is 8.60. The number of nitrogens with zero attached hydrogens (tertiary/aromatic N) is 2. The number of methoxy groups -OCH3 is 3. The molecule has 1 saturated heterocycles. The zero-order chi connectivity index (χ0) is 33.0. The van der Waals surface area contributed by atoms with Crippen LogP contribution in [-0.2, 0) is 20.7 Å². The van der Waals surface area contributed by atoms with Crippen LogP contribution in [0.15, 0.2) is 29.1 Å². The first kappa shape index (κ1) is 33.1. The molecule has 246 valence electrons. The number of aryl methyl sites for hydroxylation is 1. The highest BCUT2D eigenvalue weighted by molar-refractivity contribution is 7.15. The zero-order valence-corrected chi connectivity index (χ0v) is 27.8. The fraction of sp³-hybridized carbons (Fsp3) is 0.485. The number of hydrogen-bond donors (Lipinski definition) is 3. The van der Waals surface area contributed by atoms with Crippen molar-refractivity contribution in [2.45, 2.75) is 71.1 Å². The molecule has 0 bridgehead atoms. The number of nitrogens with one attached hydrogen (secondary N) is 3. The maximum Gasteiger partial charge on any atom is 0.248 e. The Morgan fingerprint density at radius 3 is 2.52 bits per heavy atom. The number of anilines is 2. The molecule has 4 atom stereocenters. The molecule has 2 aromatic carbocycles. The average Bonchev–Trinajstić information content (AvgIpc) is 3.69. The van der Waals surface area contributed by atoms with Gasteiger partial charge in [-0.15, -0.1) is 10.2 Å². The monoisotopic (exact) mass is 651 g/mol. The molecule has 5 rings (SSSR count). The number of carbonyl (C=O) groups excluding carboxylic acids is 2. The van der Waals surface area contributed by atoms with Gasteiger partial charge in [0.1, 0.15) is 17.2 Å². The van der Waals surface area contributed by atoms with Crippen LogP contribution in [-0.4, -0.2) is 56.0 Å². The Balaban J connectivity index is 1.55. The summed E-state index contributed by atoms with van der Waals surface area (Å²) < 4.78 is 22.9. The van der Waals surface area contributed by atoms with Crippen LogP contribution in [0.2, 0.25) is 0 Å². The Bertz CT molecular complexity index is 1660. The molecule has 1 unspecified atom stereocenters. The van der Waals surface area contributed by atoms with E-state index in [1.807, 2.05) is 26.0 Å². The largest absolute Gasteiger partial charge is 0.493 e. The number of benzene rings is 1. The van der Waals surface area contributed by atoms with Gasteiger partial charge in [-0.25, -0.2) is 0 Å². The van der Waals surface area contributed by atoms with Crippen molar-refractivity contribution in [3.8, 4) is 28.4 Å². The third kappa shape index (κ3) is 6.80. The van der Waals surface area contributed by atoms with Crippen LogP contribution >= 0.6 is 11.3 Å². The maximum atomic E-state index is 13.9. The van der Waals surface area contributed by atoms with Crippen LogP contribution in [0.5, 0.6) is 17.2 Å². The molecule has 3 N–H and O–H groups in total. The molecule has 12 nitrogen and oxygen atoms in total. The van der Waals surface area contributed by atoms with Crippen LogP contribution in [0, 0.1) is 5.92 Å². The summed E-state index contributed by atoms with van der Waals surface area (Å²) in [5, 5.41) is 18.6. The normalized spacial score (nSPS) is 18.3. The number of ether oxygens (including phenoxy) is 4. The van der Waals surface area contributed by atoms with Crippen molar-refractivity contribution in [3.63, 3.8) is 0 Å². The van der Waals surface area contributed by atoms with E-state index in [1.165, 1.54) is 24.3 Å². The summed E-state index contributed by atoms with van der Waals surface area (Å²) in [5.41, 5.74) is 2.93. The number of aromatic nitrogens is 2. The van der Waals surface area contributed by atoms with Crippen LogP contribution in [0.25, 0.3) is 11.1 Å². The van der Waals surface area contributed by atoms with Gasteiger partial charge in [0.25, 0.3) is 0 Å². The van der Waals surface area contributed by atoms with E-state index in [2.05, 4.69) is 26.1 Å². The van der Waals surface area contributed by atoms with Crippen molar-refractivity contribution in [1.82, 2.24) is 15.5 Å². The van der Waals surface area contributed by atoms with Gasteiger partial charge in [-0.2, -0.15) is 0 Å². The average molecular weight is 652 g/mol. The highest BCUT2D eigenvalue weighted by Crippen LogP contribution is 2.50. The fourth-order valence-electron chi connectivity index (χ4n) is 6.07. The zero-order valence-electron chi connectivity index (χ0n) is 27.0. The standard InChI is InChI=1S/C33H41N5O7S/c1-7-17(2)28(31(41)36-33-38-37-32(46-33)25-9-8-14-45-25)35-23-13-11-20-21(16-24(23)40)22(34-18(3)39)12-10-19-15-26(42-4)29(43-5)30(44-6)27(19)20/h11,13,15-17,22,25,28H,7-10,12,14H2,1-6H3,(H,34,39)(H,35,40)(H,36,38,41)/t17-,22+,25?,28+/m1/s1. The molecule has 2 heterocycles. The van der Waals surface area contributed by atoms with E-state index >= 15 is 0 Å². The summed E-state index contributed by atoms with van der Waals surface area (Å²) in [6.07, 6.45) is 3.56. The Labute approximate surface area is 272 Å². The van der Waals surface area contributed by atoms with E-state index in [-0.39, 0.29) is 35.0 Å². The van der Waals surface area contributed by atoms with Crippen molar-refractivity contribution in [2.75, 3.05) is 38.6 Å². The number of hydrogen-bond acceptors (Lipinski definition) is 11. The van der Waals surface area contributed by atoms with Crippen molar-refractivity contribution < 1.29 is 28.5 Å². The number of fused-ring (bicyclic) bond motifs is 3. The van der Waals surface area contributed by atoms with E-state index in [4.69, 9.17) is 18.9 Å². The van der Waals surface area contributed by atoms with Crippen LogP contribution in [0.4, 0.5) is 10.8 Å². The van der Waals surface area contributed by atoms with Crippen LogP contribution < -0.4 is 35.6 Å². The Hall–Kier alpha value is -4.23. The van der Waals surface area contributed by atoms with Gasteiger partial charge in [0.2, 0.25) is 28.1 Å². The molecule has 0 radical (unpaired) electrons. The first-order chi connectivity index (χ1) is 22.2. The molecule has 13 heteroatoms. The third-order valence-corrected chi connectivity index (χ3v) is 9.53. The van der Waals surface area contributed by atoms with E-state index in [9.17, 15) is 14.4 Å². The van der Waals surface area contributed by atoms with Gasteiger partial charge in [0, 0.05) is 19.1 Å².